The molecule has 2 aliphatic rings. The van der Waals surface area contributed by atoms with Crippen LogP contribution in [0.4, 0.5) is 0 Å². The monoisotopic (exact) mass is 189 g/mol. The first kappa shape index (κ1) is 8.45. The van der Waals surface area contributed by atoms with Crippen LogP contribution in [0.5, 0.6) is 0 Å². The van der Waals surface area contributed by atoms with Crippen LogP contribution >= 0.6 is 0 Å². The van der Waals surface area contributed by atoms with Crippen molar-refractivity contribution in [2.45, 2.75) is 12.0 Å². The summed E-state index contributed by atoms with van der Waals surface area (Å²) in [5.74, 6) is 0.840. The van der Waals surface area contributed by atoms with Crippen LogP contribution in [0.1, 0.15) is 12.0 Å². The lowest BCUT2D eigenvalue weighted by Crippen LogP contribution is -2.63. The minimum atomic E-state index is -0.535. The van der Waals surface area contributed by atoms with E-state index >= 15 is 0 Å². The van der Waals surface area contributed by atoms with E-state index in [9.17, 15) is 5.11 Å². The number of hydrogen-bond acceptors (Lipinski definition) is 2. The topological polar surface area (TPSA) is 32.3 Å². The van der Waals surface area contributed by atoms with Crippen LogP contribution in [-0.4, -0.2) is 18.2 Å². The van der Waals surface area contributed by atoms with Gasteiger partial charge in [0.15, 0.2) is 0 Å². The summed E-state index contributed by atoms with van der Waals surface area (Å²) in [5.41, 5.74) is 0.565. The molecule has 1 saturated heterocycles. The first-order chi connectivity index (χ1) is 6.82. The molecule has 2 fully saturated rings. The van der Waals surface area contributed by atoms with E-state index in [0.29, 0.717) is 11.8 Å². The first-order valence-electron chi connectivity index (χ1n) is 5.30. The highest BCUT2D eigenvalue weighted by Crippen LogP contribution is 2.52. The summed E-state index contributed by atoms with van der Waals surface area (Å²) in [6.07, 6.45) is 1.18. The average molecular weight is 189 g/mol. The molecular formula is C12H15NO. The lowest BCUT2D eigenvalue weighted by molar-refractivity contribution is -0.175. The Morgan fingerprint density at radius 3 is 2.36 bits per heavy atom. The van der Waals surface area contributed by atoms with Gasteiger partial charge in [-0.3, -0.25) is 0 Å². The van der Waals surface area contributed by atoms with E-state index in [1.54, 1.807) is 0 Å². The van der Waals surface area contributed by atoms with Gasteiger partial charge >= 0.3 is 0 Å². The minimum Gasteiger partial charge on any atom is -0.384 e. The van der Waals surface area contributed by atoms with E-state index in [2.05, 4.69) is 5.32 Å². The lowest BCUT2D eigenvalue weighted by atomic mass is 9.56. The standard InChI is InChI=1S/C12H15NO/c14-12(9-4-2-1-3-5-9)10-6-11(12)8-13-7-10/h1-5,10-11,13-14H,6-8H2. The summed E-state index contributed by atoms with van der Waals surface area (Å²) in [5, 5.41) is 14.0. The molecule has 0 amide bonds. The summed E-state index contributed by atoms with van der Waals surface area (Å²) >= 11 is 0. The second-order valence-corrected chi connectivity index (χ2v) is 4.48. The van der Waals surface area contributed by atoms with E-state index in [-0.39, 0.29) is 0 Å². The Labute approximate surface area is 84.0 Å². The van der Waals surface area contributed by atoms with Crippen molar-refractivity contribution in [2.24, 2.45) is 11.8 Å². The number of rotatable bonds is 1. The Hall–Kier alpha value is -0.860. The van der Waals surface area contributed by atoms with Crippen molar-refractivity contribution >= 4 is 0 Å². The van der Waals surface area contributed by atoms with Gasteiger partial charge in [-0.15, -0.1) is 0 Å². The Bertz CT molecular complexity index is 321. The number of piperidine rings is 2. The van der Waals surface area contributed by atoms with Gasteiger partial charge in [-0.05, 0) is 12.0 Å². The molecule has 2 heteroatoms. The Balaban J connectivity index is 1.98. The van der Waals surface area contributed by atoms with Gasteiger partial charge in [0.05, 0.1) is 5.60 Å². The molecule has 1 aliphatic heterocycles. The molecule has 1 aliphatic carbocycles. The van der Waals surface area contributed by atoms with Crippen LogP contribution in [0.3, 0.4) is 0 Å². The molecule has 74 valence electrons. The van der Waals surface area contributed by atoms with Crippen LogP contribution in [0.2, 0.25) is 0 Å². The Morgan fingerprint density at radius 2 is 1.79 bits per heavy atom. The molecule has 0 aromatic heterocycles. The average Bonchev–Trinajstić information content (AvgIpc) is 2.30. The molecule has 2 unspecified atom stereocenters. The van der Waals surface area contributed by atoms with E-state index in [1.807, 2.05) is 30.3 Å². The summed E-state index contributed by atoms with van der Waals surface area (Å²) < 4.78 is 0. The minimum absolute atomic E-state index is 0.420. The molecular weight excluding hydrogens is 174 g/mol. The predicted molar refractivity (Wildman–Crippen MR) is 54.8 cm³/mol. The third kappa shape index (κ3) is 0.928. The van der Waals surface area contributed by atoms with Crippen molar-refractivity contribution in [3.63, 3.8) is 0 Å². The molecule has 3 rings (SSSR count). The van der Waals surface area contributed by atoms with E-state index in [4.69, 9.17) is 0 Å². The summed E-state index contributed by atoms with van der Waals surface area (Å²) in [4.78, 5) is 0. The Morgan fingerprint density at radius 1 is 1.14 bits per heavy atom. The van der Waals surface area contributed by atoms with Gasteiger partial charge in [-0.2, -0.15) is 0 Å². The van der Waals surface area contributed by atoms with Gasteiger partial charge in [0.1, 0.15) is 0 Å². The largest absolute Gasteiger partial charge is 0.384 e. The quantitative estimate of drug-likeness (QED) is 0.693. The third-order valence-electron chi connectivity index (χ3n) is 3.83. The maximum Gasteiger partial charge on any atom is 0.0977 e. The number of hydrogen-bond donors (Lipinski definition) is 2. The fourth-order valence-corrected chi connectivity index (χ4v) is 2.96. The van der Waals surface area contributed by atoms with Crippen molar-refractivity contribution in [1.82, 2.24) is 5.32 Å². The molecule has 1 saturated carbocycles. The highest BCUT2D eigenvalue weighted by molar-refractivity contribution is 5.29. The zero-order valence-corrected chi connectivity index (χ0v) is 8.11. The number of nitrogens with one attached hydrogen (secondary N) is 1. The normalized spacial score (nSPS) is 40.4. The summed E-state index contributed by atoms with van der Waals surface area (Å²) in [6.45, 7) is 1.92. The fourth-order valence-electron chi connectivity index (χ4n) is 2.96. The highest BCUT2D eigenvalue weighted by atomic mass is 16.3. The highest BCUT2D eigenvalue weighted by Gasteiger charge is 2.56. The zero-order valence-electron chi connectivity index (χ0n) is 8.11. The van der Waals surface area contributed by atoms with Crippen molar-refractivity contribution in [1.29, 1.82) is 0 Å². The van der Waals surface area contributed by atoms with Crippen LogP contribution in [0, 0.1) is 11.8 Å². The molecule has 2 nitrogen and oxygen atoms in total. The molecule has 14 heavy (non-hydrogen) atoms. The van der Waals surface area contributed by atoms with Gasteiger partial charge in [-0.1, -0.05) is 30.3 Å². The third-order valence-corrected chi connectivity index (χ3v) is 3.83. The van der Waals surface area contributed by atoms with Crippen LogP contribution in [-0.2, 0) is 5.60 Å². The maximum absolute atomic E-state index is 10.6. The van der Waals surface area contributed by atoms with Crippen molar-refractivity contribution in [3.8, 4) is 0 Å². The smallest absolute Gasteiger partial charge is 0.0977 e. The van der Waals surface area contributed by atoms with Crippen molar-refractivity contribution < 1.29 is 5.11 Å². The fraction of sp³-hybridized carbons (Fsp3) is 0.500. The van der Waals surface area contributed by atoms with Crippen molar-refractivity contribution in [3.05, 3.63) is 35.9 Å². The van der Waals surface area contributed by atoms with Crippen LogP contribution < -0.4 is 5.32 Å². The summed E-state index contributed by atoms with van der Waals surface area (Å²) in [6, 6.07) is 10.1. The van der Waals surface area contributed by atoms with E-state index in [1.165, 1.54) is 6.42 Å². The van der Waals surface area contributed by atoms with Crippen LogP contribution in [0.15, 0.2) is 30.3 Å². The Kier molecular flexibility index (Phi) is 1.70. The molecule has 2 bridgehead atoms. The van der Waals surface area contributed by atoms with E-state index in [0.717, 1.165) is 18.7 Å². The second kappa shape index (κ2) is 2.81. The number of fused-ring (bicyclic) bond motifs is 2. The molecule has 1 aromatic rings. The maximum atomic E-state index is 10.6. The van der Waals surface area contributed by atoms with Crippen molar-refractivity contribution in [2.75, 3.05) is 13.1 Å². The zero-order chi connectivity index (χ0) is 9.60. The molecule has 1 aromatic carbocycles. The van der Waals surface area contributed by atoms with Gasteiger partial charge in [-0.25, -0.2) is 0 Å². The SMILES string of the molecule is OC1(c2ccccc2)C2CNCC1C2. The number of aliphatic hydroxyl groups is 1. The van der Waals surface area contributed by atoms with Gasteiger partial charge in [0.2, 0.25) is 0 Å². The molecule has 2 atom stereocenters. The molecule has 2 N–H and O–H groups in total. The predicted octanol–water partition coefficient (Wildman–Crippen LogP) is 1.11. The number of benzene rings is 1. The lowest BCUT2D eigenvalue weighted by Gasteiger charge is -2.56. The van der Waals surface area contributed by atoms with Gasteiger partial charge in [0, 0.05) is 24.9 Å². The van der Waals surface area contributed by atoms with Gasteiger partial charge in [0.25, 0.3) is 0 Å². The van der Waals surface area contributed by atoms with Crippen LogP contribution in [0.25, 0.3) is 0 Å². The molecule has 0 radical (unpaired) electrons. The molecule has 1 heterocycles. The second-order valence-electron chi connectivity index (χ2n) is 4.48. The van der Waals surface area contributed by atoms with E-state index < -0.39 is 5.60 Å². The van der Waals surface area contributed by atoms with Gasteiger partial charge < -0.3 is 10.4 Å². The first-order valence-corrected chi connectivity index (χ1v) is 5.30. The summed E-state index contributed by atoms with van der Waals surface area (Å²) in [7, 11) is 0. The molecule has 0 spiro atoms.